The van der Waals surface area contributed by atoms with Crippen LogP contribution in [0.15, 0.2) is 59.4 Å². The number of ether oxygens (including phenoxy) is 2. The lowest BCUT2D eigenvalue weighted by molar-refractivity contribution is 0.0523. The van der Waals surface area contributed by atoms with Crippen LogP contribution in [0.1, 0.15) is 56.3 Å². The minimum absolute atomic E-state index is 0.0865. The number of aromatic amines is 1. The van der Waals surface area contributed by atoms with Gasteiger partial charge in [-0.1, -0.05) is 36.7 Å². The minimum atomic E-state index is -0.975. The summed E-state index contributed by atoms with van der Waals surface area (Å²) in [6, 6.07) is 14.4. The first-order chi connectivity index (χ1) is 21.8. The van der Waals surface area contributed by atoms with Gasteiger partial charge in [-0.05, 0) is 82.7 Å². The van der Waals surface area contributed by atoms with Crippen LogP contribution in [0.5, 0.6) is 5.75 Å². The normalized spacial score (nSPS) is 12.2. The Labute approximate surface area is 269 Å². The molecule has 0 spiro atoms. The van der Waals surface area contributed by atoms with E-state index in [0.29, 0.717) is 41.1 Å². The first-order valence-corrected chi connectivity index (χ1v) is 15.0. The number of para-hydroxylation sites is 2. The molecule has 0 bridgehead atoms. The average molecular weight is 630 g/mol. The molecule has 4 aromatic rings. The van der Waals surface area contributed by atoms with Crippen molar-refractivity contribution in [3.63, 3.8) is 0 Å². The number of carbonyl (C=O) groups is 1. The first-order valence-electron chi connectivity index (χ1n) is 15.0. The monoisotopic (exact) mass is 629 g/mol. The number of nitrogens with zero attached hydrogens (tertiary/aromatic N) is 3. The van der Waals surface area contributed by atoms with Gasteiger partial charge < -0.3 is 30.7 Å². The maximum absolute atomic E-state index is 16.3. The lowest BCUT2D eigenvalue weighted by Crippen LogP contribution is -2.33. The molecule has 0 saturated heterocycles. The van der Waals surface area contributed by atoms with Gasteiger partial charge in [0.25, 0.3) is 0 Å². The molecule has 1 heterocycles. The Bertz CT molecular complexity index is 1730. The number of benzene rings is 3. The number of rotatable bonds is 12. The molecule has 0 fully saturated rings. The Morgan fingerprint density at radius 3 is 2.59 bits per heavy atom. The largest absolute Gasteiger partial charge is 0.489 e. The Morgan fingerprint density at radius 1 is 1.17 bits per heavy atom. The van der Waals surface area contributed by atoms with E-state index in [-0.39, 0.29) is 30.3 Å². The van der Waals surface area contributed by atoms with Crippen molar-refractivity contribution in [2.75, 3.05) is 38.3 Å². The summed E-state index contributed by atoms with van der Waals surface area (Å²) in [4.78, 5) is 30.2. The van der Waals surface area contributed by atoms with Gasteiger partial charge >= 0.3 is 11.8 Å². The topological polar surface area (TPSA) is 140 Å². The molecule has 1 atom stereocenters. The molecule has 4 rings (SSSR count). The number of nitrogen functional groups attached to an aromatic ring is 1. The summed E-state index contributed by atoms with van der Waals surface area (Å²) in [7, 11) is 10.0. The molecule has 13 heteroatoms. The molecule has 46 heavy (non-hydrogen) atoms. The second-order valence-electron chi connectivity index (χ2n) is 12.1. The number of halogens is 1. The molecule has 242 valence electrons. The van der Waals surface area contributed by atoms with Crippen LogP contribution < -0.4 is 32.3 Å². The Hall–Kier alpha value is -4.78. The van der Waals surface area contributed by atoms with Gasteiger partial charge in [0, 0.05) is 24.3 Å². The molecule has 0 aliphatic heterocycles. The van der Waals surface area contributed by atoms with Crippen LogP contribution in [0.3, 0.4) is 0 Å². The predicted octanol–water partition coefficient (Wildman–Crippen LogP) is 3.80. The van der Waals surface area contributed by atoms with Gasteiger partial charge in [-0.2, -0.15) is 4.68 Å². The lowest BCUT2D eigenvalue weighted by Gasteiger charge is -2.22. The summed E-state index contributed by atoms with van der Waals surface area (Å²) < 4.78 is 28.7. The van der Waals surface area contributed by atoms with E-state index in [2.05, 4.69) is 20.7 Å². The van der Waals surface area contributed by atoms with Gasteiger partial charge in [0.05, 0.1) is 11.4 Å². The van der Waals surface area contributed by atoms with Crippen molar-refractivity contribution < 1.29 is 18.7 Å². The molecule has 0 aliphatic carbocycles. The van der Waals surface area contributed by atoms with E-state index < -0.39 is 29.2 Å². The molecule has 1 aromatic heterocycles. The van der Waals surface area contributed by atoms with Crippen molar-refractivity contribution in [3.05, 3.63) is 93.4 Å². The highest BCUT2D eigenvalue weighted by Gasteiger charge is 2.27. The van der Waals surface area contributed by atoms with E-state index in [1.54, 1.807) is 75.4 Å². The van der Waals surface area contributed by atoms with Gasteiger partial charge in [0.2, 0.25) is 0 Å². The second kappa shape index (κ2) is 14.5. The Balaban J connectivity index is 1.77. The first kappa shape index (κ1) is 34.1. The number of hydrogen-bond acceptors (Lipinski definition) is 8. The highest BCUT2D eigenvalue weighted by atomic mass is 19.1. The minimum Gasteiger partial charge on any atom is -0.489 e. The number of aromatic nitrogens is 3. The van der Waals surface area contributed by atoms with Crippen LogP contribution in [0.25, 0.3) is 5.69 Å². The molecule has 5 N–H and O–H groups in total. The predicted molar refractivity (Wildman–Crippen MR) is 179 cm³/mol. The number of alkyl carbamates (subject to hydrolysis) is 1. The van der Waals surface area contributed by atoms with E-state index in [4.69, 9.17) is 23.1 Å². The van der Waals surface area contributed by atoms with E-state index in [0.717, 1.165) is 10.2 Å². The number of hydrogen-bond donors (Lipinski definition) is 4. The van der Waals surface area contributed by atoms with Crippen molar-refractivity contribution >= 4 is 30.8 Å². The quantitative estimate of drug-likeness (QED) is 0.137. The van der Waals surface area contributed by atoms with Crippen molar-refractivity contribution in [1.82, 2.24) is 25.0 Å². The number of carbonyl (C=O) groups excluding carboxylic acids is 1. The van der Waals surface area contributed by atoms with Crippen LogP contribution in [0.2, 0.25) is 0 Å². The third kappa shape index (κ3) is 8.69. The molecule has 1 amide bonds. The molecule has 11 nitrogen and oxygen atoms in total. The number of aryl methyl sites for hydroxylation is 1. The smallest absolute Gasteiger partial charge is 0.407 e. The van der Waals surface area contributed by atoms with Gasteiger partial charge in [-0.3, -0.25) is 4.98 Å². The van der Waals surface area contributed by atoms with E-state index in [1.807, 2.05) is 25.9 Å². The third-order valence-electron chi connectivity index (χ3n) is 6.99. The zero-order valence-electron chi connectivity index (χ0n) is 27.1. The maximum atomic E-state index is 16.3. The van der Waals surface area contributed by atoms with Gasteiger partial charge in [-0.15, -0.1) is 5.10 Å². The summed E-state index contributed by atoms with van der Waals surface area (Å²) in [6.45, 7) is 8.23. The number of nitrogens with one attached hydrogen (secondary N) is 3. The van der Waals surface area contributed by atoms with Crippen LogP contribution in [-0.2, 0) is 17.7 Å². The molecule has 0 aliphatic rings. The van der Waals surface area contributed by atoms with Crippen LogP contribution in [0, 0.1) is 5.82 Å². The van der Waals surface area contributed by atoms with Crippen molar-refractivity contribution in [2.24, 2.45) is 0 Å². The highest BCUT2D eigenvalue weighted by molar-refractivity contribution is 6.33. The Morgan fingerprint density at radius 2 is 1.91 bits per heavy atom. The summed E-state index contributed by atoms with van der Waals surface area (Å²) >= 11 is 0. The number of likely N-dealkylation sites (N-methyl/N-ethyl adjacent to an activating group) is 1. The average Bonchev–Trinajstić information content (AvgIpc) is 3.37. The molecular formula is C33H41BFN7O4. The zero-order chi connectivity index (χ0) is 33.6. The fourth-order valence-corrected chi connectivity index (χ4v) is 4.64. The zero-order valence-corrected chi connectivity index (χ0v) is 27.1. The summed E-state index contributed by atoms with van der Waals surface area (Å²) in [5, 5.41) is 10.6. The SMILES string of the molecule is [B]c1ccc(NC(c2nn(-c3ccccc3N)c(=O)[nH]2)c2cc(CC)cc(OCCN(C)C)c2F)cc1CNC(=O)OC(C)(C)C. The van der Waals surface area contributed by atoms with Crippen LogP contribution >= 0.6 is 0 Å². The summed E-state index contributed by atoms with van der Waals surface area (Å²) in [5.74, 6) is -0.355. The molecule has 3 aromatic carbocycles. The number of anilines is 2. The number of nitrogens with two attached hydrogens (primary N) is 1. The fraction of sp³-hybridized carbons (Fsp3) is 0.364. The van der Waals surface area contributed by atoms with E-state index in [9.17, 15) is 9.59 Å². The van der Waals surface area contributed by atoms with Crippen molar-refractivity contribution in [3.8, 4) is 11.4 Å². The standard InChI is InChI=1S/C33H41BFN7O4/c1-7-20-16-23(28(35)27(17-20)45-15-14-41(5)6)29(30-39-31(43)42(40-30)26-11-9-8-10-25(26)36)38-22-12-13-24(34)21(18-22)19-37-32(44)46-33(2,3)4/h8-13,16-18,29,38H,7,14-15,19,36H2,1-6H3,(H,37,44)(H,39,40,43). The molecule has 1 unspecified atom stereocenters. The van der Waals surface area contributed by atoms with Crippen molar-refractivity contribution in [1.29, 1.82) is 0 Å². The summed E-state index contributed by atoms with van der Waals surface area (Å²) in [6.07, 6.45) is 0.0180. The number of amides is 1. The fourth-order valence-electron chi connectivity index (χ4n) is 4.64. The van der Waals surface area contributed by atoms with Crippen molar-refractivity contribution in [2.45, 2.75) is 52.3 Å². The highest BCUT2D eigenvalue weighted by Crippen LogP contribution is 2.33. The Kier molecular flexibility index (Phi) is 10.8. The second-order valence-corrected chi connectivity index (χ2v) is 12.1. The molecule has 0 saturated carbocycles. The third-order valence-corrected chi connectivity index (χ3v) is 6.99. The molecule has 2 radical (unpaired) electrons. The van der Waals surface area contributed by atoms with Crippen LogP contribution in [-0.4, -0.2) is 66.5 Å². The van der Waals surface area contributed by atoms with Gasteiger partial charge in [0.1, 0.15) is 26.1 Å². The maximum Gasteiger partial charge on any atom is 0.407 e. The van der Waals surface area contributed by atoms with Crippen LogP contribution in [0.4, 0.5) is 20.6 Å². The number of H-pyrrole nitrogens is 1. The van der Waals surface area contributed by atoms with Gasteiger partial charge in [-0.25, -0.2) is 14.0 Å². The lowest BCUT2D eigenvalue weighted by atomic mass is 9.90. The van der Waals surface area contributed by atoms with Gasteiger partial charge in [0.15, 0.2) is 17.4 Å². The van der Waals surface area contributed by atoms with E-state index >= 15 is 4.39 Å². The van der Waals surface area contributed by atoms with E-state index in [1.165, 1.54) is 0 Å². The molecular weight excluding hydrogens is 588 g/mol. The summed E-state index contributed by atoms with van der Waals surface area (Å²) in [5.41, 5.74) is 8.28.